The van der Waals surface area contributed by atoms with E-state index in [1.165, 1.54) is 45.1 Å². The summed E-state index contributed by atoms with van der Waals surface area (Å²) in [5, 5.41) is 0. The quantitative estimate of drug-likeness (QED) is 0.781. The lowest BCUT2D eigenvalue weighted by Crippen LogP contribution is -2.55. The maximum absolute atomic E-state index is 6.61. The molecule has 2 unspecified atom stereocenters. The zero-order valence-electron chi connectivity index (χ0n) is 11.3. The largest absolute Gasteiger partial charge is 0.324 e. The van der Waals surface area contributed by atoms with E-state index in [1.807, 2.05) is 0 Å². The van der Waals surface area contributed by atoms with E-state index in [-0.39, 0.29) is 5.54 Å². The monoisotopic (exact) mass is 224 g/mol. The third kappa shape index (κ3) is 2.60. The lowest BCUT2D eigenvalue weighted by atomic mass is 9.76. The minimum atomic E-state index is 0.0965. The molecule has 2 atom stereocenters. The van der Waals surface area contributed by atoms with E-state index in [9.17, 15) is 0 Å². The first-order valence-corrected chi connectivity index (χ1v) is 6.95. The van der Waals surface area contributed by atoms with Gasteiger partial charge in [0.05, 0.1) is 0 Å². The van der Waals surface area contributed by atoms with Crippen molar-refractivity contribution in [3.05, 3.63) is 0 Å². The summed E-state index contributed by atoms with van der Waals surface area (Å²) in [4.78, 5) is 2.63. The molecule has 1 aliphatic carbocycles. The van der Waals surface area contributed by atoms with Gasteiger partial charge in [0.25, 0.3) is 0 Å². The fraction of sp³-hybridized carbons (Fsp3) is 1.00. The van der Waals surface area contributed by atoms with Crippen molar-refractivity contribution in [2.75, 3.05) is 13.1 Å². The van der Waals surface area contributed by atoms with E-state index in [4.69, 9.17) is 5.73 Å². The third-order valence-electron chi connectivity index (χ3n) is 4.71. The van der Waals surface area contributed by atoms with Gasteiger partial charge in [-0.05, 0) is 52.0 Å². The molecule has 1 saturated heterocycles. The van der Waals surface area contributed by atoms with E-state index in [0.717, 1.165) is 12.5 Å². The van der Waals surface area contributed by atoms with Gasteiger partial charge in [-0.2, -0.15) is 0 Å². The standard InChI is InChI=1S/C14H28N2/c1-12-6-4-8-14(15,10-12)11-16-9-5-7-13(16,2)3/h12H,4-11,15H2,1-3H3. The zero-order valence-corrected chi connectivity index (χ0v) is 11.3. The van der Waals surface area contributed by atoms with Gasteiger partial charge in [0.2, 0.25) is 0 Å². The Balaban J connectivity index is 1.97. The molecule has 0 amide bonds. The molecule has 2 rings (SSSR count). The first kappa shape index (κ1) is 12.4. The van der Waals surface area contributed by atoms with Gasteiger partial charge in [0.15, 0.2) is 0 Å². The maximum atomic E-state index is 6.61. The molecule has 1 saturated carbocycles. The van der Waals surface area contributed by atoms with Gasteiger partial charge in [-0.25, -0.2) is 0 Å². The smallest absolute Gasteiger partial charge is 0.0286 e. The topological polar surface area (TPSA) is 29.3 Å². The molecule has 2 fully saturated rings. The van der Waals surface area contributed by atoms with Gasteiger partial charge in [0.1, 0.15) is 0 Å². The molecule has 2 heteroatoms. The van der Waals surface area contributed by atoms with Crippen LogP contribution in [-0.4, -0.2) is 29.1 Å². The number of likely N-dealkylation sites (tertiary alicyclic amines) is 1. The van der Waals surface area contributed by atoms with Crippen LogP contribution in [-0.2, 0) is 0 Å². The summed E-state index contributed by atoms with van der Waals surface area (Å²) >= 11 is 0. The van der Waals surface area contributed by atoms with Crippen LogP contribution in [0.4, 0.5) is 0 Å². The molecular weight excluding hydrogens is 196 g/mol. The van der Waals surface area contributed by atoms with Crippen molar-refractivity contribution in [3.8, 4) is 0 Å². The summed E-state index contributed by atoms with van der Waals surface area (Å²) in [6.07, 6.45) is 7.83. The Morgan fingerprint density at radius 3 is 2.56 bits per heavy atom. The molecule has 0 spiro atoms. The van der Waals surface area contributed by atoms with Gasteiger partial charge >= 0.3 is 0 Å². The van der Waals surface area contributed by atoms with Crippen LogP contribution < -0.4 is 5.73 Å². The lowest BCUT2D eigenvalue weighted by molar-refractivity contribution is 0.103. The van der Waals surface area contributed by atoms with E-state index in [1.54, 1.807) is 0 Å². The fourth-order valence-electron chi connectivity index (χ4n) is 3.68. The minimum absolute atomic E-state index is 0.0965. The predicted molar refractivity (Wildman–Crippen MR) is 69.4 cm³/mol. The molecule has 2 nitrogen and oxygen atoms in total. The van der Waals surface area contributed by atoms with Crippen LogP contribution in [0.5, 0.6) is 0 Å². The molecule has 0 bridgehead atoms. The number of hydrogen-bond acceptors (Lipinski definition) is 2. The van der Waals surface area contributed by atoms with Gasteiger partial charge in [-0.15, -0.1) is 0 Å². The second-order valence-electron chi connectivity index (χ2n) is 6.90. The molecule has 1 heterocycles. The number of hydrogen-bond donors (Lipinski definition) is 1. The highest BCUT2D eigenvalue weighted by Crippen LogP contribution is 2.35. The molecule has 1 aliphatic heterocycles. The summed E-state index contributed by atoms with van der Waals surface area (Å²) in [6, 6.07) is 0. The third-order valence-corrected chi connectivity index (χ3v) is 4.71. The Morgan fingerprint density at radius 1 is 1.25 bits per heavy atom. The van der Waals surface area contributed by atoms with Gasteiger partial charge in [0, 0.05) is 17.6 Å². The van der Waals surface area contributed by atoms with Crippen LogP contribution in [0.1, 0.15) is 59.3 Å². The molecule has 2 aliphatic rings. The number of nitrogens with zero attached hydrogens (tertiary/aromatic N) is 1. The molecule has 2 N–H and O–H groups in total. The highest BCUT2D eigenvalue weighted by Gasteiger charge is 2.39. The fourth-order valence-corrected chi connectivity index (χ4v) is 3.68. The highest BCUT2D eigenvalue weighted by atomic mass is 15.2. The van der Waals surface area contributed by atoms with Crippen molar-refractivity contribution in [2.45, 2.75) is 70.4 Å². The van der Waals surface area contributed by atoms with Crippen molar-refractivity contribution in [1.29, 1.82) is 0 Å². The summed E-state index contributed by atoms with van der Waals surface area (Å²) in [6.45, 7) is 9.46. The van der Waals surface area contributed by atoms with E-state index >= 15 is 0 Å². The van der Waals surface area contributed by atoms with Crippen LogP contribution >= 0.6 is 0 Å². The van der Waals surface area contributed by atoms with Crippen molar-refractivity contribution in [3.63, 3.8) is 0 Å². The minimum Gasteiger partial charge on any atom is -0.324 e. The average molecular weight is 224 g/mol. The Kier molecular flexibility index (Phi) is 3.33. The number of nitrogens with two attached hydrogens (primary N) is 1. The van der Waals surface area contributed by atoms with E-state index < -0.39 is 0 Å². The molecule has 0 aromatic heterocycles. The lowest BCUT2D eigenvalue weighted by Gasteiger charge is -2.43. The predicted octanol–water partition coefficient (Wildman–Crippen LogP) is 2.77. The van der Waals surface area contributed by atoms with Crippen LogP contribution in [0.3, 0.4) is 0 Å². The second kappa shape index (κ2) is 4.30. The van der Waals surface area contributed by atoms with Crippen molar-refractivity contribution in [2.24, 2.45) is 11.7 Å². The van der Waals surface area contributed by atoms with Crippen LogP contribution in [0.15, 0.2) is 0 Å². The van der Waals surface area contributed by atoms with Gasteiger partial charge in [-0.3, -0.25) is 4.90 Å². The highest BCUT2D eigenvalue weighted by molar-refractivity contribution is 4.97. The Morgan fingerprint density at radius 2 is 2.00 bits per heavy atom. The van der Waals surface area contributed by atoms with Crippen LogP contribution in [0.25, 0.3) is 0 Å². The molecule has 0 radical (unpaired) electrons. The molecule has 94 valence electrons. The Labute approximate surface area is 101 Å². The van der Waals surface area contributed by atoms with Crippen molar-refractivity contribution in [1.82, 2.24) is 4.90 Å². The second-order valence-corrected chi connectivity index (χ2v) is 6.90. The van der Waals surface area contributed by atoms with Gasteiger partial charge < -0.3 is 5.73 Å². The number of rotatable bonds is 2. The van der Waals surface area contributed by atoms with Crippen LogP contribution in [0.2, 0.25) is 0 Å². The summed E-state index contributed by atoms with van der Waals surface area (Å²) < 4.78 is 0. The average Bonchev–Trinajstić information content (AvgIpc) is 2.44. The molecular formula is C14H28N2. The Bertz CT molecular complexity index is 249. The summed E-state index contributed by atoms with van der Waals surface area (Å²) in [5.74, 6) is 0.824. The zero-order chi connectivity index (χ0) is 11.8. The molecule has 16 heavy (non-hydrogen) atoms. The molecule has 0 aromatic rings. The van der Waals surface area contributed by atoms with E-state index in [2.05, 4.69) is 25.7 Å². The maximum Gasteiger partial charge on any atom is 0.0286 e. The van der Waals surface area contributed by atoms with Crippen LogP contribution in [0, 0.1) is 5.92 Å². The van der Waals surface area contributed by atoms with Crippen molar-refractivity contribution >= 4 is 0 Å². The van der Waals surface area contributed by atoms with E-state index in [0.29, 0.717) is 5.54 Å². The summed E-state index contributed by atoms with van der Waals surface area (Å²) in [7, 11) is 0. The van der Waals surface area contributed by atoms with Gasteiger partial charge in [-0.1, -0.05) is 19.8 Å². The normalized spacial score (nSPS) is 40.1. The summed E-state index contributed by atoms with van der Waals surface area (Å²) in [5.41, 5.74) is 7.09. The van der Waals surface area contributed by atoms with Crippen molar-refractivity contribution < 1.29 is 0 Å². The Hall–Kier alpha value is -0.0800. The first-order chi connectivity index (χ1) is 7.41. The molecule has 0 aromatic carbocycles. The first-order valence-electron chi connectivity index (χ1n) is 6.95. The SMILES string of the molecule is CC1CCCC(N)(CN2CCCC2(C)C)C1.